The van der Waals surface area contributed by atoms with Gasteiger partial charge in [0.2, 0.25) is 5.91 Å². The zero-order valence-electron chi connectivity index (χ0n) is 11.2. The van der Waals surface area contributed by atoms with Gasteiger partial charge in [-0.1, -0.05) is 28.1 Å². The highest BCUT2D eigenvalue weighted by atomic mass is 79.9. The normalized spacial score (nSPS) is 15.7. The molecule has 0 bridgehead atoms. The van der Waals surface area contributed by atoms with Gasteiger partial charge in [-0.05, 0) is 43.4 Å². The largest absolute Gasteiger partial charge is 0.481 e. The van der Waals surface area contributed by atoms with Gasteiger partial charge in [0.25, 0.3) is 0 Å². The summed E-state index contributed by atoms with van der Waals surface area (Å²) in [7, 11) is 0. The lowest BCUT2D eigenvalue weighted by Crippen LogP contribution is -2.35. The molecule has 2 N–H and O–H groups in total. The number of nitrogens with one attached hydrogen (secondary N) is 1. The molecule has 0 heterocycles. The second-order valence-corrected chi connectivity index (χ2v) is 6.11. The second-order valence-electron chi connectivity index (χ2n) is 5.20. The molecule has 0 unspecified atom stereocenters. The first-order valence-electron chi connectivity index (χ1n) is 6.81. The van der Waals surface area contributed by atoms with Crippen molar-refractivity contribution < 1.29 is 14.7 Å². The predicted molar refractivity (Wildman–Crippen MR) is 79.6 cm³/mol. The van der Waals surface area contributed by atoms with E-state index in [0.717, 1.165) is 22.9 Å². The van der Waals surface area contributed by atoms with Crippen LogP contribution in [0, 0.1) is 0 Å². The molecule has 1 amide bonds. The predicted octanol–water partition coefficient (Wildman–Crippen LogP) is 2.85. The van der Waals surface area contributed by atoms with E-state index in [9.17, 15) is 9.59 Å². The fraction of sp³-hybridized carbons (Fsp3) is 0.467. The van der Waals surface area contributed by atoms with E-state index in [-0.39, 0.29) is 17.7 Å². The summed E-state index contributed by atoms with van der Waals surface area (Å²) in [6.45, 7) is 0.546. The molecule has 1 aliphatic carbocycles. The third-order valence-corrected chi connectivity index (χ3v) is 4.21. The first-order valence-corrected chi connectivity index (χ1v) is 7.60. The Bertz CT molecular complexity index is 494. The first-order chi connectivity index (χ1) is 9.54. The van der Waals surface area contributed by atoms with E-state index in [2.05, 4.69) is 21.2 Å². The minimum Gasteiger partial charge on any atom is -0.481 e. The smallest absolute Gasteiger partial charge is 0.303 e. The van der Waals surface area contributed by atoms with E-state index in [1.54, 1.807) is 0 Å². The number of rotatable bonds is 7. The van der Waals surface area contributed by atoms with Gasteiger partial charge in [-0.2, -0.15) is 0 Å². The van der Waals surface area contributed by atoms with Crippen LogP contribution in [0.4, 0.5) is 0 Å². The van der Waals surface area contributed by atoms with Crippen molar-refractivity contribution in [3.63, 3.8) is 0 Å². The number of carboxylic acid groups (broad SMARTS) is 1. The molecule has 0 saturated heterocycles. The van der Waals surface area contributed by atoms with Crippen molar-refractivity contribution in [2.45, 2.75) is 37.5 Å². The lowest BCUT2D eigenvalue weighted by Gasteiger charge is -2.15. The number of carbonyl (C=O) groups excluding carboxylic acids is 1. The van der Waals surface area contributed by atoms with Crippen LogP contribution in [0.25, 0.3) is 0 Å². The summed E-state index contributed by atoms with van der Waals surface area (Å²) < 4.78 is 1.01. The Morgan fingerprint density at radius 1 is 1.20 bits per heavy atom. The molecule has 0 aromatic heterocycles. The van der Waals surface area contributed by atoms with E-state index in [0.29, 0.717) is 19.4 Å². The number of unbranched alkanes of at least 4 members (excludes halogenated alkanes) is 1. The zero-order valence-corrected chi connectivity index (χ0v) is 12.8. The monoisotopic (exact) mass is 339 g/mol. The van der Waals surface area contributed by atoms with Crippen LogP contribution in [0.3, 0.4) is 0 Å². The third kappa shape index (κ3) is 3.60. The molecular weight excluding hydrogens is 322 g/mol. The molecule has 0 atom stereocenters. The van der Waals surface area contributed by atoms with Crippen molar-refractivity contribution >= 4 is 27.8 Å². The first kappa shape index (κ1) is 15.0. The molecule has 1 aromatic carbocycles. The highest BCUT2D eigenvalue weighted by Gasteiger charge is 2.50. The number of aliphatic carboxylic acids is 1. The van der Waals surface area contributed by atoms with E-state index in [1.807, 2.05) is 24.3 Å². The van der Waals surface area contributed by atoms with Gasteiger partial charge in [-0.25, -0.2) is 0 Å². The Morgan fingerprint density at radius 3 is 2.40 bits per heavy atom. The lowest BCUT2D eigenvalue weighted by molar-refractivity contribution is -0.137. The summed E-state index contributed by atoms with van der Waals surface area (Å²) in [5, 5.41) is 11.5. The molecule has 1 aromatic rings. The summed E-state index contributed by atoms with van der Waals surface area (Å²) >= 11 is 3.39. The van der Waals surface area contributed by atoms with Gasteiger partial charge in [-0.3, -0.25) is 9.59 Å². The van der Waals surface area contributed by atoms with Crippen LogP contribution in [0.15, 0.2) is 28.7 Å². The number of hydrogen-bond acceptors (Lipinski definition) is 2. The van der Waals surface area contributed by atoms with Crippen LogP contribution in [0.5, 0.6) is 0 Å². The summed E-state index contributed by atoms with van der Waals surface area (Å²) in [5.41, 5.74) is 0.705. The average molecular weight is 340 g/mol. The van der Waals surface area contributed by atoms with Crippen molar-refractivity contribution in [1.29, 1.82) is 0 Å². The average Bonchev–Trinajstić information content (AvgIpc) is 3.20. The minimum absolute atomic E-state index is 0.0650. The molecule has 20 heavy (non-hydrogen) atoms. The minimum atomic E-state index is -0.787. The van der Waals surface area contributed by atoms with Gasteiger partial charge < -0.3 is 10.4 Å². The SMILES string of the molecule is O=C(O)CCCCNC(=O)C1(c2ccc(Br)cc2)CC1. The van der Waals surface area contributed by atoms with Crippen molar-refractivity contribution in [1.82, 2.24) is 5.32 Å². The molecule has 1 fully saturated rings. The highest BCUT2D eigenvalue weighted by molar-refractivity contribution is 9.10. The third-order valence-electron chi connectivity index (χ3n) is 3.68. The zero-order chi connectivity index (χ0) is 14.6. The van der Waals surface area contributed by atoms with Gasteiger partial charge in [0.15, 0.2) is 0 Å². The van der Waals surface area contributed by atoms with Gasteiger partial charge in [0, 0.05) is 17.4 Å². The lowest BCUT2D eigenvalue weighted by atomic mass is 9.95. The maximum absolute atomic E-state index is 12.3. The van der Waals surface area contributed by atoms with Crippen LogP contribution in [0.2, 0.25) is 0 Å². The Morgan fingerprint density at radius 2 is 1.85 bits per heavy atom. The number of carboxylic acids is 1. The topological polar surface area (TPSA) is 66.4 Å². The van der Waals surface area contributed by atoms with E-state index in [1.165, 1.54) is 0 Å². The molecule has 0 radical (unpaired) electrons. The van der Waals surface area contributed by atoms with Gasteiger partial charge in [-0.15, -0.1) is 0 Å². The van der Waals surface area contributed by atoms with Crippen LogP contribution in [0.1, 0.15) is 37.7 Å². The van der Waals surface area contributed by atoms with Crippen molar-refractivity contribution in [2.75, 3.05) is 6.54 Å². The highest BCUT2D eigenvalue weighted by Crippen LogP contribution is 2.48. The van der Waals surface area contributed by atoms with E-state index in [4.69, 9.17) is 5.11 Å². The molecular formula is C15H18BrNO3. The maximum Gasteiger partial charge on any atom is 0.303 e. The summed E-state index contributed by atoms with van der Waals surface area (Å²) in [4.78, 5) is 22.7. The van der Waals surface area contributed by atoms with Crippen LogP contribution >= 0.6 is 15.9 Å². The van der Waals surface area contributed by atoms with Crippen LogP contribution in [-0.4, -0.2) is 23.5 Å². The Labute approximate surface area is 126 Å². The van der Waals surface area contributed by atoms with E-state index < -0.39 is 5.97 Å². The van der Waals surface area contributed by atoms with Gasteiger partial charge in [0.05, 0.1) is 5.41 Å². The molecule has 1 aliphatic rings. The number of hydrogen-bond donors (Lipinski definition) is 2. The van der Waals surface area contributed by atoms with Crippen molar-refractivity contribution in [3.05, 3.63) is 34.3 Å². The van der Waals surface area contributed by atoms with Crippen molar-refractivity contribution in [3.8, 4) is 0 Å². The summed E-state index contributed by atoms with van der Waals surface area (Å²) in [6, 6.07) is 7.88. The molecule has 4 nitrogen and oxygen atoms in total. The Balaban J connectivity index is 1.83. The standard InChI is InChI=1S/C15H18BrNO3/c16-12-6-4-11(5-7-12)15(8-9-15)14(20)17-10-2-1-3-13(18)19/h4-7H,1-3,8-10H2,(H,17,20)(H,18,19). The van der Waals surface area contributed by atoms with E-state index >= 15 is 0 Å². The molecule has 0 spiro atoms. The molecule has 2 rings (SSSR count). The number of halogens is 1. The van der Waals surface area contributed by atoms with Gasteiger partial charge >= 0.3 is 5.97 Å². The number of benzene rings is 1. The second kappa shape index (κ2) is 6.39. The van der Waals surface area contributed by atoms with Crippen molar-refractivity contribution in [2.24, 2.45) is 0 Å². The molecule has 108 valence electrons. The summed E-state index contributed by atoms with van der Waals surface area (Å²) in [5.74, 6) is -0.722. The Kier molecular flexibility index (Phi) is 4.81. The van der Waals surface area contributed by atoms with Crippen LogP contribution < -0.4 is 5.32 Å². The quantitative estimate of drug-likeness (QED) is 0.750. The van der Waals surface area contributed by atoms with Crippen LogP contribution in [-0.2, 0) is 15.0 Å². The molecule has 5 heteroatoms. The maximum atomic E-state index is 12.3. The number of amides is 1. The summed E-state index contributed by atoms with van der Waals surface area (Å²) in [6.07, 6.45) is 3.23. The fourth-order valence-electron chi connectivity index (χ4n) is 2.31. The van der Waals surface area contributed by atoms with Gasteiger partial charge in [0.1, 0.15) is 0 Å². The molecule has 0 aliphatic heterocycles. The Hall–Kier alpha value is -1.36. The fourth-order valence-corrected chi connectivity index (χ4v) is 2.58. The number of carbonyl (C=O) groups is 2. The molecule has 1 saturated carbocycles.